The Balaban J connectivity index is 1.14. The number of ether oxygens (including phenoxy) is 2. The van der Waals surface area contributed by atoms with E-state index in [0.29, 0.717) is 34.7 Å². The van der Waals surface area contributed by atoms with Gasteiger partial charge in [0.2, 0.25) is 5.91 Å². The Labute approximate surface area is 190 Å². The third-order valence-corrected chi connectivity index (χ3v) is 7.48. The number of aromatic nitrogens is 1. The number of rotatable bonds is 6. The molecular weight excluding hydrogens is 434 g/mol. The van der Waals surface area contributed by atoms with Crippen molar-refractivity contribution in [3.8, 4) is 16.7 Å². The van der Waals surface area contributed by atoms with Gasteiger partial charge in [-0.1, -0.05) is 29.0 Å². The molecule has 5 rings (SSSR count). The van der Waals surface area contributed by atoms with Gasteiger partial charge in [-0.05, 0) is 49.2 Å². The molecule has 0 spiro atoms. The SMILES string of the molecule is CC(=O)N1CC2CCC(C1)N2CCOc1ccc(Oc2nc3cccc(Cl)c3s2)cc1. The minimum absolute atomic E-state index is 0.184. The minimum atomic E-state index is 0.184. The highest BCUT2D eigenvalue weighted by Crippen LogP contribution is 2.35. The summed E-state index contributed by atoms with van der Waals surface area (Å²) in [5.74, 6) is 1.71. The number of nitrogens with zero attached hydrogens (tertiary/aromatic N) is 3. The van der Waals surface area contributed by atoms with Gasteiger partial charge in [0, 0.05) is 38.6 Å². The topological polar surface area (TPSA) is 54.9 Å². The molecule has 2 fully saturated rings. The standard InChI is InChI=1S/C23H24ClN3O3S/c1-15(28)26-13-16-5-6-17(14-26)27(16)11-12-29-18-7-9-19(10-8-18)30-23-25-21-4-2-3-20(24)22(21)31-23/h2-4,7-10,16-17H,5-6,11-14H2,1H3. The molecule has 2 unspecified atom stereocenters. The second-order valence-electron chi connectivity index (χ2n) is 8.04. The van der Waals surface area contributed by atoms with Crippen LogP contribution in [0.25, 0.3) is 10.2 Å². The number of likely N-dealkylation sites (tertiary alicyclic amines) is 1. The molecule has 2 bridgehead atoms. The van der Waals surface area contributed by atoms with E-state index in [1.165, 1.54) is 11.3 Å². The van der Waals surface area contributed by atoms with Gasteiger partial charge >= 0.3 is 0 Å². The van der Waals surface area contributed by atoms with E-state index < -0.39 is 0 Å². The molecule has 0 radical (unpaired) electrons. The third kappa shape index (κ3) is 4.35. The average Bonchev–Trinajstić information content (AvgIpc) is 3.26. The zero-order valence-corrected chi connectivity index (χ0v) is 18.9. The highest BCUT2D eigenvalue weighted by atomic mass is 35.5. The summed E-state index contributed by atoms with van der Waals surface area (Å²) in [5.41, 5.74) is 0.838. The summed E-state index contributed by atoms with van der Waals surface area (Å²) in [6.07, 6.45) is 2.33. The van der Waals surface area contributed by atoms with Crippen LogP contribution in [0.15, 0.2) is 42.5 Å². The predicted molar refractivity (Wildman–Crippen MR) is 122 cm³/mol. The van der Waals surface area contributed by atoms with Crippen molar-refractivity contribution in [2.75, 3.05) is 26.2 Å². The fourth-order valence-electron chi connectivity index (χ4n) is 4.52. The first-order valence-electron chi connectivity index (χ1n) is 10.5. The first-order chi connectivity index (χ1) is 15.1. The van der Waals surface area contributed by atoms with Crippen LogP contribution < -0.4 is 9.47 Å². The van der Waals surface area contributed by atoms with E-state index in [1.54, 1.807) is 6.92 Å². The molecule has 2 aliphatic rings. The number of thiazole rings is 1. The first kappa shape index (κ1) is 20.5. The highest BCUT2D eigenvalue weighted by Gasteiger charge is 2.40. The maximum Gasteiger partial charge on any atom is 0.279 e. The van der Waals surface area contributed by atoms with Crippen LogP contribution in [0.3, 0.4) is 0 Å². The van der Waals surface area contributed by atoms with Crippen LogP contribution in [0.4, 0.5) is 0 Å². The molecule has 1 aromatic heterocycles. The lowest BCUT2D eigenvalue weighted by Crippen LogP contribution is -2.55. The van der Waals surface area contributed by atoms with Crippen LogP contribution in [-0.2, 0) is 4.79 Å². The van der Waals surface area contributed by atoms with Crippen LogP contribution in [0, 0.1) is 0 Å². The first-order valence-corrected chi connectivity index (χ1v) is 11.7. The normalized spacial score (nSPS) is 20.9. The zero-order chi connectivity index (χ0) is 21.4. The van der Waals surface area contributed by atoms with Crippen molar-refractivity contribution in [1.82, 2.24) is 14.8 Å². The van der Waals surface area contributed by atoms with E-state index in [0.717, 1.165) is 48.4 Å². The largest absolute Gasteiger partial charge is 0.492 e. The maximum atomic E-state index is 11.7. The van der Waals surface area contributed by atoms with E-state index in [4.69, 9.17) is 21.1 Å². The molecule has 0 N–H and O–H groups in total. The summed E-state index contributed by atoms with van der Waals surface area (Å²) in [5, 5.41) is 1.25. The molecule has 162 valence electrons. The monoisotopic (exact) mass is 457 g/mol. The summed E-state index contributed by atoms with van der Waals surface area (Å²) >= 11 is 7.65. The highest BCUT2D eigenvalue weighted by molar-refractivity contribution is 7.20. The zero-order valence-electron chi connectivity index (χ0n) is 17.3. The molecule has 3 heterocycles. The third-order valence-electron chi connectivity index (χ3n) is 6.07. The number of halogens is 1. The van der Waals surface area contributed by atoms with E-state index in [9.17, 15) is 4.79 Å². The van der Waals surface area contributed by atoms with E-state index in [1.807, 2.05) is 47.4 Å². The summed E-state index contributed by atoms with van der Waals surface area (Å²) in [6, 6.07) is 14.2. The fraction of sp³-hybridized carbons (Fsp3) is 0.391. The Morgan fingerprint density at radius 3 is 2.52 bits per heavy atom. The number of piperazine rings is 1. The lowest BCUT2D eigenvalue weighted by molar-refractivity contribution is -0.132. The Morgan fingerprint density at radius 1 is 1.13 bits per heavy atom. The van der Waals surface area contributed by atoms with Gasteiger partial charge in [-0.3, -0.25) is 9.69 Å². The van der Waals surface area contributed by atoms with Crippen molar-refractivity contribution in [3.63, 3.8) is 0 Å². The van der Waals surface area contributed by atoms with Crippen molar-refractivity contribution < 1.29 is 14.3 Å². The second-order valence-corrected chi connectivity index (χ2v) is 9.41. The van der Waals surface area contributed by atoms with Crippen molar-refractivity contribution in [3.05, 3.63) is 47.5 Å². The van der Waals surface area contributed by atoms with Gasteiger partial charge in [-0.15, -0.1) is 0 Å². The van der Waals surface area contributed by atoms with Gasteiger partial charge in [-0.2, -0.15) is 0 Å². The van der Waals surface area contributed by atoms with Crippen LogP contribution in [0.1, 0.15) is 19.8 Å². The predicted octanol–water partition coefficient (Wildman–Crippen LogP) is 4.82. The van der Waals surface area contributed by atoms with Gasteiger partial charge in [0.1, 0.15) is 18.1 Å². The Bertz CT molecular complexity index is 1070. The van der Waals surface area contributed by atoms with Crippen molar-refractivity contribution in [1.29, 1.82) is 0 Å². The molecule has 3 aromatic rings. The van der Waals surface area contributed by atoms with Gasteiger partial charge in [0.25, 0.3) is 5.19 Å². The van der Waals surface area contributed by atoms with E-state index in [2.05, 4.69) is 9.88 Å². The van der Waals surface area contributed by atoms with Gasteiger partial charge in [0.15, 0.2) is 0 Å². The van der Waals surface area contributed by atoms with Crippen LogP contribution in [0.2, 0.25) is 5.02 Å². The van der Waals surface area contributed by atoms with Crippen molar-refractivity contribution in [2.45, 2.75) is 31.8 Å². The van der Waals surface area contributed by atoms with Crippen molar-refractivity contribution >= 4 is 39.1 Å². The molecular formula is C23H24ClN3O3S. The molecule has 8 heteroatoms. The Kier molecular flexibility index (Phi) is 5.73. The smallest absolute Gasteiger partial charge is 0.279 e. The summed E-state index contributed by atoms with van der Waals surface area (Å²) in [4.78, 5) is 20.7. The number of fused-ring (bicyclic) bond motifs is 3. The second kappa shape index (κ2) is 8.65. The summed E-state index contributed by atoms with van der Waals surface area (Å²) in [7, 11) is 0. The number of hydrogen-bond acceptors (Lipinski definition) is 6. The van der Waals surface area contributed by atoms with Gasteiger partial charge < -0.3 is 14.4 Å². The number of amides is 1. The quantitative estimate of drug-likeness (QED) is 0.531. The summed E-state index contributed by atoms with van der Waals surface area (Å²) < 4.78 is 12.8. The van der Waals surface area contributed by atoms with E-state index in [-0.39, 0.29) is 5.91 Å². The molecule has 2 aromatic carbocycles. The molecule has 6 nitrogen and oxygen atoms in total. The van der Waals surface area contributed by atoms with Crippen LogP contribution >= 0.6 is 22.9 Å². The molecule has 31 heavy (non-hydrogen) atoms. The lowest BCUT2D eigenvalue weighted by atomic mass is 10.2. The van der Waals surface area contributed by atoms with Gasteiger partial charge in [-0.25, -0.2) is 4.98 Å². The van der Waals surface area contributed by atoms with Crippen molar-refractivity contribution in [2.24, 2.45) is 0 Å². The number of carbonyl (C=O) groups excluding carboxylic acids is 1. The number of carbonyl (C=O) groups is 1. The molecule has 0 aliphatic carbocycles. The fourth-order valence-corrected chi connectivity index (χ4v) is 5.65. The maximum absolute atomic E-state index is 11.7. The van der Waals surface area contributed by atoms with Gasteiger partial charge in [0.05, 0.1) is 15.2 Å². The lowest BCUT2D eigenvalue weighted by Gasteiger charge is -2.40. The minimum Gasteiger partial charge on any atom is -0.492 e. The van der Waals surface area contributed by atoms with Crippen LogP contribution in [-0.4, -0.2) is 59.0 Å². The average molecular weight is 458 g/mol. The molecule has 0 saturated carbocycles. The van der Waals surface area contributed by atoms with Crippen LogP contribution in [0.5, 0.6) is 16.7 Å². The van der Waals surface area contributed by atoms with E-state index >= 15 is 0 Å². The molecule has 2 aliphatic heterocycles. The molecule has 2 atom stereocenters. The number of hydrogen-bond donors (Lipinski definition) is 0. The molecule has 1 amide bonds. The summed E-state index contributed by atoms with van der Waals surface area (Å²) in [6.45, 7) is 4.86. The Morgan fingerprint density at radius 2 is 1.84 bits per heavy atom. The number of benzene rings is 2. The molecule has 2 saturated heterocycles. The Hall–Kier alpha value is -2.35.